The fraction of sp³-hybridized carbons (Fsp3) is 0.105. The van der Waals surface area contributed by atoms with Gasteiger partial charge in [-0.15, -0.1) is 10.2 Å². The minimum Gasteiger partial charge on any atom is -0.222 e. The Kier molecular flexibility index (Phi) is 6.87. The summed E-state index contributed by atoms with van der Waals surface area (Å²) in [5, 5.41) is 0. The molecule has 2 aromatic carbocycles. The molecule has 0 radical (unpaired) electrons. The third kappa shape index (κ3) is 7.06. The molecule has 0 amide bonds. The largest absolute Gasteiger partial charge is 0.222 e. The molecule has 0 aliphatic heterocycles. The zero-order valence-corrected chi connectivity index (χ0v) is 16.2. The Hall–Kier alpha value is -1.56. The first-order valence-electron chi connectivity index (χ1n) is 7.41. The summed E-state index contributed by atoms with van der Waals surface area (Å²) in [5.41, 5.74) is 5.33. The third-order valence-corrected chi connectivity index (χ3v) is 5.87. The van der Waals surface area contributed by atoms with Gasteiger partial charge in [0.25, 0.3) is 0 Å². The van der Waals surface area contributed by atoms with Crippen LogP contribution < -0.4 is 18.6 Å². The number of aryl methyl sites for hydroxylation is 2. The molecule has 0 bridgehead atoms. The van der Waals surface area contributed by atoms with Gasteiger partial charge in [0.1, 0.15) is 0 Å². The van der Waals surface area contributed by atoms with Crippen LogP contribution in [-0.2, 0) is 0 Å². The van der Waals surface area contributed by atoms with Crippen molar-refractivity contribution in [1.29, 1.82) is 0 Å². The Labute approximate surface area is 155 Å². The van der Waals surface area contributed by atoms with Gasteiger partial charge >= 0.3 is 126 Å². The van der Waals surface area contributed by atoms with Gasteiger partial charge in [0.15, 0.2) is 0 Å². The van der Waals surface area contributed by atoms with Crippen molar-refractivity contribution in [2.75, 3.05) is 0 Å². The van der Waals surface area contributed by atoms with Crippen LogP contribution in [0.4, 0.5) is 0 Å². The van der Waals surface area contributed by atoms with Crippen LogP contribution in [0, 0.1) is 24.1 Å². The predicted octanol–water partition coefficient (Wildman–Crippen LogP) is 0.220. The number of benzene rings is 2. The third-order valence-electron chi connectivity index (χ3n) is 3.39. The SMILES string of the molecule is Cc1ccc(-c2cccc(-c3ccc(C)cc3)[se+]2)cc1.[O-][Cl+3]([O-])([O-])[O-]. The summed E-state index contributed by atoms with van der Waals surface area (Å²) in [6, 6.07) is 24.4. The molecule has 4 nitrogen and oxygen atoms in total. The summed E-state index contributed by atoms with van der Waals surface area (Å²) in [6.07, 6.45) is 0. The Bertz CT molecular complexity index is 745. The summed E-state index contributed by atoms with van der Waals surface area (Å²) >= 11 is 0.374. The summed E-state index contributed by atoms with van der Waals surface area (Å²) in [7, 11) is -4.94. The molecule has 0 saturated carbocycles. The van der Waals surface area contributed by atoms with Crippen LogP contribution in [0.25, 0.3) is 20.0 Å². The zero-order chi connectivity index (χ0) is 18.4. The minimum absolute atomic E-state index is 0.374. The van der Waals surface area contributed by atoms with Crippen molar-refractivity contribution >= 4 is 14.5 Å². The molecule has 0 aliphatic carbocycles. The van der Waals surface area contributed by atoms with Gasteiger partial charge in [-0.1, -0.05) is 0 Å². The molecule has 1 heterocycles. The van der Waals surface area contributed by atoms with E-state index in [1.54, 1.807) is 0 Å². The van der Waals surface area contributed by atoms with E-state index in [-0.39, 0.29) is 0 Å². The molecule has 3 rings (SSSR count). The molecular weight excluding hydrogens is 407 g/mol. The summed E-state index contributed by atoms with van der Waals surface area (Å²) in [4.78, 5) is 0. The van der Waals surface area contributed by atoms with Gasteiger partial charge in [-0.25, -0.2) is 18.6 Å². The maximum atomic E-state index is 8.49. The molecule has 0 fully saturated rings. The van der Waals surface area contributed by atoms with Crippen molar-refractivity contribution < 1.29 is 28.9 Å². The molecule has 1 aromatic heterocycles. The predicted molar refractivity (Wildman–Crippen MR) is 88.1 cm³/mol. The second kappa shape index (κ2) is 8.70. The molecule has 0 aliphatic rings. The minimum atomic E-state index is -4.94. The maximum Gasteiger partial charge on any atom is -0.112 e. The van der Waals surface area contributed by atoms with Gasteiger partial charge < -0.3 is 0 Å². The first-order chi connectivity index (χ1) is 11.7. The Morgan fingerprint density at radius 1 is 0.600 bits per heavy atom. The molecule has 6 heteroatoms. The van der Waals surface area contributed by atoms with Crippen LogP contribution in [-0.4, -0.2) is 14.5 Å². The van der Waals surface area contributed by atoms with Gasteiger partial charge in [-0.2, -0.15) is 0 Å². The van der Waals surface area contributed by atoms with Crippen LogP contribution in [0.3, 0.4) is 0 Å². The Balaban J connectivity index is 0.000000399. The van der Waals surface area contributed by atoms with Crippen LogP contribution >= 0.6 is 0 Å². The van der Waals surface area contributed by atoms with Gasteiger partial charge in [-0.05, 0) is 0 Å². The molecule has 0 spiro atoms. The summed E-state index contributed by atoms with van der Waals surface area (Å²) < 4.78 is 36.9. The van der Waals surface area contributed by atoms with Crippen molar-refractivity contribution in [3.8, 4) is 20.0 Å². The van der Waals surface area contributed by atoms with Crippen molar-refractivity contribution in [2.24, 2.45) is 0 Å². The summed E-state index contributed by atoms with van der Waals surface area (Å²) in [5.74, 6) is 0. The van der Waals surface area contributed by atoms with E-state index in [9.17, 15) is 0 Å². The van der Waals surface area contributed by atoms with Crippen molar-refractivity contribution in [1.82, 2.24) is 0 Å². The fourth-order valence-electron chi connectivity index (χ4n) is 2.16. The standard InChI is InChI=1S/C19H17Se.ClHO4/c1-14-6-10-16(11-7-14)18-4-3-5-19(20-18)17-12-8-15(2)9-13-17;2-1(3,4)5/h3-13H,1-2H3;(H,2,3,4,5)/q+1;/p-1. The maximum absolute atomic E-state index is 8.49. The smallest absolute Gasteiger partial charge is 0.112 e. The average Bonchev–Trinajstić information content (AvgIpc) is 2.55. The van der Waals surface area contributed by atoms with Crippen LogP contribution in [0.15, 0.2) is 66.7 Å². The number of rotatable bonds is 2. The topological polar surface area (TPSA) is 92.2 Å². The first kappa shape index (κ1) is 19.8. The number of hydrogen-bond donors (Lipinski definition) is 0. The zero-order valence-electron chi connectivity index (χ0n) is 13.8. The number of halogens is 1. The van der Waals surface area contributed by atoms with E-state index in [0.29, 0.717) is 14.5 Å². The molecular formula is C19H17ClO4Se. The van der Waals surface area contributed by atoms with Crippen LogP contribution in [0.1, 0.15) is 11.1 Å². The van der Waals surface area contributed by atoms with Crippen molar-refractivity contribution in [3.05, 3.63) is 77.9 Å². The van der Waals surface area contributed by atoms with E-state index in [1.807, 2.05) is 0 Å². The quantitative estimate of drug-likeness (QED) is 0.551. The molecule has 3 aromatic rings. The number of hydrogen-bond acceptors (Lipinski definition) is 4. The second-order valence-electron chi connectivity index (χ2n) is 5.47. The molecule has 0 unspecified atom stereocenters. The molecule has 25 heavy (non-hydrogen) atoms. The summed E-state index contributed by atoms with van der Waals surface area (Å²) in [6.45, 7) is 4.27. The Morgan fingerprint density at radius 3 is 1.24 bits per heavy atom. The first-order valence-corrected chi connectivity index (χ1v) is 10.4. The van der Waals surface area contributed by atoms with Crippen LogP contribution in [0.2, 0.25) is 0 Å². The second-order valence-corrected chi connectivity index (χ2v) is 8.50. The molecule has 130 valence electrons. The molecule has 0 atom stereocenters. The van der Waals surface area contributed by atoms with E-state index in [1.165, 1.54) is 31.1 Å². The monoisotopic (exact) mass is 424 g/mol. The van der Waals surface area contributed by atoms with Gasteiger partial charge in [0, 0.05) is 0 Å². The Morgan fingerprint density at radius 2 is 0.920 bits per heavy atom. The normalized spacial score (nSPS) is 10.8. The fourth-order valence-corrected chi connectivity index (χ4v) is 4.33. The van der Waals surface area contributed by atoms with Gasteiger partial charge in [0.2, 0.25) is 0 Å². The van der Waals surface area contributed by atoms with Crippen molar-refractivity contribution in [2.45, 2.75) is 13.8 Å². The van der Waals surface area contributed by atoms with E-state index in [0.717, 1.165) is 0 Å². The molecule has 0 N–H and O–H groups in total. The van der Waals surface area contributed by atoms with E-state index < -0.39 is 10.2 Å². The van der Waals surface area contributed by atoms with Crippen molar-refractivity contribution in [3.63, 3.8) is 0 Å². The van der Waals surface area contributed by atoms with Gasteiger partial charge in [0.05, 0.1) is 0 Å². The van der Waals surface area contributed by atoms with E-state index in [4.69, 9.17) is 18.6 Å². The van der Waals surface area contributed by atoms with Gasteiger partial charge in [-0.3, -0.25) is 0 Å². The van der Waals surface area contributed by atoms with Crippen LogP contribution in [0.5, 0.6) is 0 Å². The molecule has 0 saturated heterocycles. The van der Waals surface area contributed by atoms with E-state index in [2.05, 4.69) is 80.6 Å². The van der Waals surface area contributed by atoms with E-state index >= 15 is 0 Å². The average molecular weight is 424 g/mol.